The van der Waals surface area contributed by atoms with Crippen LogP contribution in [0.5, 0.6) is 5.75 Å². The molecule has 0 atom stereocenters. The molecule has 0 spiro atoms. The van der Waals surface area contributed by atoms with Gasteiger partial charge in [-0.05, 0) is 42.8 Å². The molecule has 0 bridgehead atoms. The first-order valence-electron chi connectivity index (χ1n) is 7.97. The highest BCUT2D eigenvalue weighted by Gasteiger charge is 2.12. The van der Waals surface area contributed by atoms with Crippen molar-refractivity contribution in [2.45, 2.75) is 6.92 Å². The average molecular weight is 335 g/mol. The van der Waals surface area contributed by atoms with Gasteiger partial charge >= 0.3 is 0 Å². The van der Waals surface area contributed by atoms with E-state index in [4.69, 9.17) is 4.74 Å². The first-order chi connectivity index (χ1) is 12.0. The highest BCUT2D eigenvalue weighted by molar-refractivity contribution is 6.10. The summed E-state index contributed by atoms with van der Waals surface area (Å²) in [6, 6.07) is 16.7. The van der Waals surface area contributed by atoms with Crippen molar-refractivity contribution in [2.75, 3.05) is 30.9 Å². The number of amides is 1. The van der Waals surface area contributed by atoms with Crippen LogP contribution < -0.4 is 15.0 Å². The lowest BCUT2D eigenvalue weighted by molar-refractivity contribution is -0.112. The summed E-state index contributed by atoms with van der Waals surface area (Å²) in [5.41, 5.74) is 2.41. The van der Waals surface area contributed by atoms with Gasteiger partial charge in [0.1, 0.15) is 17.4 Å². The van der Waals surface area contributed by atoms with Gasteiger partial charge in [-0.1, -0.05) is 24.3 Å². The topological polar surface area (TPSA) is 65.4 Å². The van der Waals surface area contributed by atoms with Crippen molar-refractivity contribution >= 4 is 23.4 Å². The minimum atomic E-state index is -0.466. The Labute approximate surface area is 148 Å². The van der Waals surface area contributed by atoms with Crippen LogP contribution in [0.1, 0.15) is 12.5 Å². The number of nitrogens with zero attached hydrogens (tertiary/aromatic N) is 2. The van der Waals surface area contributed by atoms with Crippen LogP contribution in [0.3, 0.4) is 0 Å². The summed E-state index contributed by atoms with van der Waals surface area (Å²) in [6.07, 6.45) is 1.57. The fourth-order valence-electron chi connectivity index (χ4n) is 2.22. The normalized spacial score (nSPS) is 10.7. The SMILES string of the molecule is CCOc1ccccc1NC(=O)/C(C#N)=C/c1ccc(N(C)C)cc1. The fraction of sp³-hybridized carbons (Fsp3) is 0.200. The number of nitrogens with one attached hydrogen (secondary N) is 1. The predicted octanol–water partition coefficient (Wildman–Crippen LogP) is 3.70. The van der Waals surface area contributed by atoms with Gasteiger partial charge in [-0.2, -0.15) is 5.26 Å². The molecule has 0 aliphatic rings. The van der Waals surface area contributed by atoms with Gasteiger partial charge in [0.2, 0.25) is 0 Å². The van der Waals surface area contributed by atoms with E-state index < -0.39 is 5.91 Å². The monoisotopic (exact) mass is 335 g/mol. The van der Waals surface area contributed by atoms with Crippen LogP contribution in [0.15, 0.2) is 54.1 Å². The summed E-state index contributed by atoms with van der Waals surface area (Å²) in [5.74, 6) is 0.109. The Morgan fingerprint density at radius 2 is 1.88 bits per heavy atom. The second kappa shape index (κ2) is 8.55. The van der Waals surface area contributed by atoms with Gasteiger partial charge in [0.25, 0.3) is 5.91 Å². The van der Waals surface area contributed by atoms with Crippen molar-refractivity contribution in [3.8, 4) is 11.8 Å². The molecule has 0 heterocycles. The van der Waals surface area contributed by atoms with Crippen LogP contribution >= 0.6 is 0 Å². The maximum atomic E-state index is 12.4. The lowest BCUT2D eigenvalue weighted by Crippen LogP contribution is -2.14. The molecule has 2 aromatic rings. The Bertz CT molecular complexity index is 802. The molecule has 5 nitrogen and oxygen atoms in total. The molecular weight excluding hydrogens is 314 g/mol. The number of carbonyl (C=O) groups excluding carboxylic acids is 1. The lowest BCUT2D eigenvalue weighted by atomic mass is 10.1. The van der Waals surface area contributed by atoms with E-state index in [0.717, 1.165) is 11.3 Å². The highest BCUT2D eigenvalue weighted by Crippen LogP contribution is 2.24. The predicted molar refractivity (Wildman–Crippen MR) is 101 cm³/mol. The van der Waals surface area contributed by atoms with E-state index >= 15 is 0 Å². The van der Waals surface area contributed by atoms with Crippen molar-refractivity contribution in [1.82, 2.24) is 0 Å². The van der Waals surface area contributed by atoms with Crippen LogP contribution in [0.4, 0.5) is 11.4 Å². The molecule has 0 radical (unpaired) electrons. The van der Waals surface area contributed by atoms with Crippen molar-refractivity contribution < 1.29 is 9.53 Å². The number of para-hydroxylation sites is 2. The Morgan fingerprint density at radius 3 is 2.48 bits per heavy atom. The van der Waals surface area contributed by atoms with Crippen LogP contribution in [0.25, 0.3) is 6.08 Å². The summed E-state index contributed by atoms with van der Waals surface area (Å²) in [6.45, 7) is 2.36. The van der Waals surface area contributed by atoms with E-state index in [1.807, 2.05) is 62.3 Å². The standard InChI is InChI=1S/C20H21N3O2/c1-4-25-19-8-6-5-7-18(19)22-20(24)16(14-21)13-15-9-11-17(12-10-15)23(2)3/h5-13H,4H2,1-3H3,(H,22,24)/b16-13+. The summed E-state index contributed by atoms with van der Waals surface area (Å²) in [5, 5.41) is 12.1. The Morgan fingerprint density at radius 1 is 1.20 bits per heavy atom. The maximum absolute atomic E-state index is 12.4. The molecule has 1 N–H and O–H groups in total. The van der Waals surface area contributed by atoms with Gasteiger partial charge in [0.15, 0.2) is 0 Å². The zero-order valence-electron chi connectivity index (χ0n) is 14.6. The van der Waals surface area contributed by atoms with Crippen LogP contribution in [-0.2, 0) is 4.79 Å². The van der Waals surface area contributed by atoms with E-state index in [1.165, 1.54) is 0 Å². The Hall–Kier alpha value is -3.26. The number of hydrogen-bond acceptors (Lipinski definition) is 4. The van der Waals surface area contributed by atoms with Crippen molar-refractivity contribution in [3.05, 3.63) is 59.7 Å². The number of benzene rings is 2. The van der Waals surface area contributed by atoms with E-state index in [-0.39, 0.29) is 5.57 Å². The Kier molecular flexibility index (Phi) is 6.19. The van der Waals surface area contributed by atoms with E-state index in [0.29, 0.717) is 18.0 Å². The lowest BCUT2D eigenvalue weighted by Gasteiger charge is -2.12. The molecular formula is C20H21N3O2. The third-order valence-electron chi connectivity index (χ3n) is 3.52. The molecule has 2 rings (SSSR count). The van der Waals surface area contributed by atoms with Gasteiger partial charge in [0, 0.05) is 19.8 Å². The Balaban J connectivity index is 2.20. The third-order valence-corrected chi connectivity index (χ3v) is 3.52. The first kappa shape index (κ1) is 18.1. The molecule has 0 saturated carbocycles. The van der Waals surface area contributed by atoms with Gasteiger partial charge < -0.3 is 15.0 Å². The minimum absolute atomic E-state index is 0.0314. The van der Waals surface area contributed by atoms with Crippen LogP contribution in [0, 0.1) is 11.3 Å². The van der Waals surface area contributed by atoms with Crippen LogP contribution in [0.2, 0.25) is 0 Å². The van der Waals surface area contributed by atoms with E-state index in [1.54, 1.807) is 24.3 Å². The van der Waals surface area contributed by atoms with Crippen molar-refractivity contribution in [2.24, 2.45) is 0 Å². The number of rotatable bonds is 6. The molecule has 0 saturated heterocycles. The largest absolute Gasteiger partial charge is 0.492 e. The first-order valence-corrected chi connectivity index (χ1v) is 7.97. The molecule has 128 valence electrons. The average Bonchev–Trinajstić information content (AvgIpc) is 2.61. The van der Waals surface area contributed by atoms with Gasteiger partial charge in [-0.25, -0.2) is 0 Å². The number of hydrogen-bond donors (Lipinski definition) is 1. The van der Waals surface area contributed by atoms with Crippen LogP contribution in [-0.4, -0.2) is 26.6 Å². The van der Waals surface area contributed by atoms with Gasteiger partial charge in [-0.3, -0.25) is 4.79 Å². The summed E-state index contributed by atoms with van der Waals surface area (Å²) in [7, 11) is 3.91. The molecule has 0 unspecified atom stereocenters. The molecule has 5 heteroatoms. The zero-order valence-corrected chi connectivity index (χ0v) is 14.6. The quantitative estimate of drug-likeness (QED) is 0.646. The van der Waals surface area contributed by atoms with Crippen molar-refractivity contribution in [3.63, 3.8) is 0 Å². The number of ether oxygens (including phenoxy) is 1. The molecule has 0 fully saturated rings. The summed E-state index contributed by atoms with van der Waals surface area (Å²) >= 11 is 0. The van der Waals surface area contributed by atoms with Gasteiger partial charge in [0.05, 0.1) is 12.3 Å². The molecule has 1 amide bonds. The molecule has 0 aliphatic carbocycles. The second-order valence-electron chi connectivity index (χ2n) is 5.54. The molecule has 2 aromatic carbocycles. The fourth-order valence-corrected chi connectivity index (χ4v) is 2.22. The molecule has 25 heavy (non-hydrogen) atoms. The smallest absolute Gasteiger partial charge is 0.266 e. The number of anilines is 2. The number of carbonyl (C=O) groups is 1. The van der Waals surface area contributed by atoms with E-state index in [9.17, 15) is 10.1 Å². The molecule has 0 aromatic heterocycles. The summed E-state index contributed by atoms with van der Waals surface area (Å²) in [4.78, 5) is 14.4. The molecule has 0 aliphatic heterocycles. The second-order valence-corrected chi connectivity index (χ2v) is 5.54. The van der Waals surface area contributed by atoms with Gasteiger partial charge in [-0.15, -0.1) is 0 Å². The third kappa shape index (κ3) is 4.85. The van der Waals surface area contributed by atoms with Crippen molar-refractivity contribution in [1.29, 1.82) is 5.26 Å². The maximum Gasteiger partial charge on any atom is 0.266 e. The number of nitriles is 1. The summed E-state index contributed by atoms with van der Waals surface area (Å²) < 4.78 is 5.48. The zero-order chi connectivity index (χ0) is 18.2. The van der Waals surface area contributed by atoms with E-state index in [2.05, 4.69) is 5.32 Å². The minimum Gasteiger partial charge on any atom is -0.492 e. The highest BCUT2D eigenvalue weighted by atomic mass is 16.5.